The average Bonchev–Trinajstić information content (AvgIpc) is 2.69. The summed E-state index contributed by atoms with van der Waals surface area (Å²) in [6.07, 6.45) is 9.62. The van der Waals surface area contributed by atoms with E-state index in [-0.39, 0.29) is 5.57 Å². The summed E-state index contributed by atoms with van der Waals surface area (Å²) in [4.78, 5) is 0. The summed E-state index contributed by atoms with van der Waals surface area (Å²) >= 11 is 0. The third-order valence-electron chi connectivity index (χ3n) is 2.98. The fourth-order valence-corrected chi connectivity index (χ4v) is 2.02. The molecule has 0 spiro atoms. The second-order valence-corrected chi connectivity index (χ2v) is 4.18. The Balaban J connectivity index is 2.07. The van der Waals surface area contributed by atoms with Gasteiger partial charge in [-0.1, -0.05) is 18.2 Å². The number of allylic oxidation sites excluding steroid dienone is 3. The fourth-order valence-electron chi connectivity index (χ4n) is 2.02. The molecule has 82 valence electrons. The number of hydrogen-bond donors (Lipinski definition) is 1. The highest BCUT2D eigenvalue weighted by molar-refractivity contribution is 5.31. The van der Waals surface area contributed by atoms with Crippen LogP contribution in [0.15, 0.2) is 35.6 Å². The lowest BCUT2D eigenvalue weighted by Gasteiger charge is -2.22. The van der Waals surface area contributed by atoms with E-state index < -0.39 is 5.92 Å². The molecule has 2 aliphatic rings. The fraction of sp³-hybridized carbons (Fsp3) is 0.500. The quantitative estimate of drug-likeness (QED) is 0.739. The molecule has 0 aromatic rings. The van der Waals surface area contributed by atoms with Crippen molar-refractivity contribution in [2.24, 2.45) is 0 Å². The molecule has 1 heterocycles. The van der Waals surface area contributed by atoms with Crippen molar-refractivity contribution in [3.63, 3.8) is 0 Å². The second-order valence-electron chi connectivity index (χ2n) is 4.18. The monoisotopic (exact) mass is 211 g/mol. The van der Waals surface area contributed by atoms with Gasteiger partial charge in [-0.15, -0.1) is 0 Å². The molecule has 0 fully saturated rings. The molecule has 2 rings (SSSR count). The molecular formula is C12H15F2N. The van der Waals surface area contributed by atoms with Gasteiger partial charge in [0.1, 0.15) is 0 Å². The largest absolute Gasteiger partial charge is 0.384 e. The summed E-state index contributed by atoms with van der Waals surface area (Å²) in [5.41, 5.74) is 1.48. The van der Waals surface area contributed by atoms with Gasteiger partial charge in [0.2, 0.25) is 0 Å². The van der Waals surface area contributed by atoms with Crippen molar-refractivity contribution in [1.82, 2.24) is 5.32 Å². The molecule has 15 heavy (non-hydrogen) atoms. The van der Waals surface area contributed by atoms with Gasteiger partial charge >= 0.3 is 0 Å². The van der Waals surface area contributed by atoms with Crippen LogP contribution in [0.4, 0.5) is 8.78 Å². The molecule has 3 heteroatoms. The molecule has 1 aliphatic carbocycles. The van der Waals surface area contributed by atoms with Crippen LogP contribution >= 0.6 is 0 Å². The minimum Gasteiger partial charge on any atom is -0.384 e. The summed E-state index contributed by atoms with van der Waals surface area (Å²) in [6.45, 7) is 0.965. The zero-order valence-corrected chi connectivity index (χ0v) is 8.76. The van der Waals surface area contributed by atoms with Crippen LogP contribution in [0.2, 0.25) is 0 Å². The van der Waals surface area contributed by atoms with Gasteiger partial charge in [0.15, 0.2) is 0 Å². The van der Waals surface area contributed by atoms with Gasteiger partial charge in [-0.3, -0.25) is 0 Å². The van der Waals surface area contributed by atoms with E-state index in [0.29, 0.717) is 12.5 Å². The van der Waals surface area contributed by atoms with Crippen molar-refractivity contribution in [2.75, 3.05) is 0 Å². The highest BCUT2D eigenvalue weighted by Crippen LogP contribution is 2.32. The molecule has 0 amide bonds. The van der Waals surface area contributed by atoms with Gasteiger partial charge in [-0.05, 0) is 36.6 Å². The van der Waals surface area contributed by atoms with Crippen molar-refractivity contribution < 1.29 is 8.78 Å². The van der Waals surface area contributed by atoms with Gasteiger partial charge < -0.3 is 5.32 Å². The molecule has 0 saturated carbocycles. The van der Waals surface area contributed by atoms with Gasteiger partial charge in [0, 0.05) is 6.92 Å². The third kappa shape index (κ3) is 2.28. The standard InChI is InChI=1S/C12H15F2N/c1-12(13,14)10-6-4-9(5-7-10)11-3-2-8-15-11/h2,4,6,8,11,15H,3,5,7H2,1H3/t11-/m1/s1. The maximum Gasteiger partial charge on any atom is 0.266 e. The topological polar surface area (TPSA) is 12.0 Å². The lowest BCUT2D eigenvalue weighted by molar-refractivity contribution is 0.0593. The molecule has 0 bridgehead atoms. The van der Waals surface area contributed by atoms with Crippen LogP contribution < -0.4 is 5.32 Å². The van der Waals surface area contributed by atoms with Crippen LogP contribution in [0.3, 0.4) is 0 Å². The lowest BCUT2D eigenvalue weighted by atomic mass is 9.90. The molecule has 0 radical (unpaired) electrons. The zero-order valence-electron chi connectivity index (χ0n) is 8.76. The highest BCUT2D eigenvalue weighted by atomic mass is 19.3. The number of nitrogens with one attached hydrogen (secondary N) is 1. The molecule has 0 saturated heterocycles. The second kappa shape index (κ2) is 3.80. The van der Waals surface area contributed by atoms with E-state index in [1.165, 1.54) is 5.57 Å². The summed E-state index contributed by atoms with van der Waals surface area (Å²) < 4.78 is 26.0. The SMILES string of the molecule is CC(F)(F)C1=CC=C([C@H]2CC=CN2)CC1. The molecule has 1 atom stereocenters. The first-order valence-corrected chi connectivity index (χ1v) is 5.26. The minimum atomic E-state index is -2.66. The van der Waals surface area contributed by atoms with E-state index in [1.54, 1.807) is 6.08 Å². The van der Waals surface area contributed by atoms with Crippen LogP contribution in [-0.2, 0) is 0 Å². The van der Waals surface area contributed by atoms with Crippen LogP contribution in [0.1, 0.15) is 26.2 Å². The number of rotatable bonds is 2. The summed E-state index contributed by atoms with van der Waals surface area (Å²) in [5, 5.41) is 3.21. The van der Waals surface area contributed by atoms with Crippen molar-refractivity contribution >= 4 is 0 Å². The first-order chi connectivity index (χ1) is 7.07. The molecule has 0 unspecified atom stereocenters. The number of hydrogen-bond acceptors (Lipinski definition) is 1. The average molecular weight is 211 g/mol. The zero-order chi connectivity index (χ0) is 10.9. The smallest absolute Gasteiger partial charge is 0.266 e. The number of alkyl halides is 2. The molecule has 1 nitrogen and oxygen atoms in total. The molecule has 0 aromatic carbocycles. The summed E-state index contributed by atoms with van der Waals surface area (Å²) in [7, 11) is 0. The van der Waals surface area contributed by atoms with Crippen molar-refractivity contribution in [1.29, 1.82) is 0 Å². The Morgan fingerprint density at radius 3 is 2.60 bits per heavy atom. The van der Waals surface area contributed by atoms with Crippen LogP contribution in [0.25, 0.3) is 0 Å². The predicted octanol–water partition coefficient (Wildman–Crippen LogP) is 3.16. The van der Waals surface area contributed by atoms with E-state index in [0.717, 1.165) is 19.8 Å². The van der Waals surface area contributed by atoms with Gasteiger partial charge in [-0.2, -0.15) is 0 Å². The van der Waals surface area contributed by atoms with Crippen LogP contribution in [-0.4, -0.2) is 12.0 Å². The van der Waals surface area contributed by atoms with E-state index in [2.05, 4.69) is 11.4 Å². The molecule has 1 N–H and O–H groups in total. The van der Waals surface area contributed by atoms with Gasteiger partial charge in [0.25, 0.3) is 5.92 Å². The van der Waals surface area contributed by atoms with Crippen LogP contribution in [0.5, 0.6) is 0 Å². The summed E-state index contributed by atoms with van der Waals surface area (Å²) in [5.74, 6) is -2.66. The summed E-state index contributed by atoms with van der Waals surface area (Å²) in [6, 6.07) is 0.327. The van der Waals surface area contributed by atoms with Gasteiger partial charge in [0.05, 0.1) is 6.04 Å². The normalized spacial score (nSPS) is 25.9. The van der Waals surface area contributed by atoms with Crippen molar-refractivity contribution in [3.05, 3.63) is 35.6 Å². The maximum absolute atomic E-state index is 13.0. The van der Waals surface area contributed by atoms with E-state index in [9.17, 15) is 8.78 Å². The molecule has 1 aliphatic heterocycles. The molecule has 0 aromatic heterocycles. The Hall–Kier alpha value is -1.12. The highest BCUT2D eigenvalue weighted by Gasteiger charge is 2.29. The Kier molecular flexibility index (Phi) is 2.63. The van der Waals surface area contributed by atoms with E-state index in [4.69, 9.17) is 0 Å². The Labute approximate surface area is 88.6 Å². The third-order valence-corrected chi connectivity index (χ3v) is 2.98. The number of halogens is 2. The lowest BCUT2D eigenvalue weighted by Crippen LogP contribution is -2.24. The van der Waals surface area contributed by atoms with Crippen molar-refractivity contribution in [3.8, 4) is 0 Å². The Morgan fingerprint density at radius 1 is 1.33 bits per heavy atom. The van der Waals surface area contributed by atoms with Gasteiger partial charge in [-0.25, -0.2) is 8.78 Å². The first-order valence-electron chi connectivity index (χ1n) is 5.26. The van der Waals surface area contributed by atoms with E-state index in [1.807, 2.05) is 12.3 Å². The Morgan fingerprint density at radius 2 is 2.13 bits per heavy atom. The van der Waals surface area contributed by atoms with Crippen LogP contribution in [0, 0.1) is 0 Å². The van der Waals surface area contributed by atoms with Crippen molar-refractivity contribution in [2.45, 2.75) is 38.2 Å². The molecular weight excluding hydrogens is 196 g/mol. The maximum atomic E-state index is 13.0. The first kappa shape index (κ1) is 10.4. The predicted molar refractivity (Wildman–Crippen MR) is 56.7 cm³/mol. The van der Waals surface area contributed by atoms with E-state index >= 15 is 0 Å². The Bertz CT molecular complexity index is 326. The minimum absolute atomic E-state index is 0.247.